The van der Waals surface area contributed by atoms with Gasteiger partial charge in [-0.15, -0.1) is 11.3 Å². The van der Waals surface area contributed by atoms with E-state index in [9.17, 15) is 9.59 Å². The standard InChI is InChI=1S/C25H24N4O2S/c30-23(28-13-7-12-27(14-15-28)20-10-5-2-6-11-20)22-17-26-25-29(24(22)31)18-21(32-25)16-19-8-3-1-4-9-19/h1-6,8-11,17-18H,7,12-16H2. The van der Waals surface area contributed by atoms with Crippen LogP contribution in [0.5, 0.6) is 0 Å². The van der Waals surface area contributed by atoms with Gasteiger partial charge in [-0.3, -0.25) is 14.0 Å². The number of carbonyl (C=O) groups excluding carboxylic acids is 1. The number of hydrogen-bond donors (Lipinski definition) is 0. The fraction of sp³-hybridized carbons (Fsp3) is 0.240. The Morgan fingerprint density at radius 3 is 2.47 bits per heavy atom. The van der Waals surface area contributed by atoms with Crippen molar-refractivity contribution in [3.05, 3.63) is 99.4 Å². The molecule has 3 heterocycles. The number of fused-ring (bicyclic) bond motifs is 1. The molecule has 162 valence electrons. The highest BCUT2D eigenvalue weighted by Crippen LogP contribution is 2.20. The molecule has 4 aromatic rings. The lowest BCUT2D eigenvalue weighted by atomic mass is 10.1. The number of nitrogens with zero attached hydrogens (tertiary/aromatic N) is 4. The van der Waals surface area contributed by atoms with Gasteiger partial charge in [-0.2, -0.15) is 0 Å². The van der Waals surface area contributed by atoms with Gasteiger partial charge in [-0.05, 0) is 24.1 Å². The fourth-order valence-corrected chi connectivity index (χ4v) is 5.12. The van der Waals surface area contributed by atoms with Gasteiger partial charge in [0.2, 0.25) is 0 Å². The molecule has 1 aliphatic heterocycles. The number of aromatic nitrogens is 2. The average molecular weight is 445 g/mol. The van der Waals surface area contributed by atoms with E-state index in [2.05, 4.69) is 34.1 Å². The molecule has 1 amide bonds. The zero-order chi connectivity index (χ0) is 21.9. The summed E-state index contributed by atoms with van der Waals surface area (Å²) in [5.41, 5.74) is 2.18. The Balaban J connectivity index is 1.35. The van der Waals surface area contributed by atoms with E-state index in [0.29, 0.717) is 18.1 Å². The Kier molecular flexibility index (Phi) is 5.73. The van der Waals surface area contributed by atoms with E-state index in [-0.39, 0.29) is 17.0 Å². The predicted octanol–water partition coefficient (Wildman–Crippen LogP) is 3.70. The summed E-state index contributed by atoms with van der Waals surface area (Å²) in [6.45, 7) is 2.84. The molecule has 1 aliphatic rings. The second kappa shape index (κ2) is 8.96. The Morgan fingerprint density at radius 1 is 0.938 bits per heavy atom. The SMILES string of the molecule is O=C(c1cnc2sc(Cc3ccccc3)cn2c1=O)N1CCCN(c2ccccc2)CC1. The van der Waals surface area contributed by atoms with Crippen LogP contribution in [0.15, 0.2) is 77.9 Å². The maximum Gasteiger partial charge on any atom is 0.271 e. The van der Waals surface area contributed by atoms with Crippen molar-refractivity contribution in [3.8, 4) is 0 Å². The largest absolute Gasteiger partial charge is 0.370 e. The zero-order valence-corrected chi connectivity index (χ0v) is 18.5. The molecule has 0 aliphatic carbocycles. The first-order chi connectivity index (χ1) is 15.7. The fourth-order valence-electron chi connectivity index (χ4n) is 4.14. The van der Waals surface area contributed by atoms with Gasteiger partial charge in [0, 0.05) is 55.6 Å². The van der Waals surface area contributed by atoms with Crippen LogP contribution in [0, 0.1) is 0 Å². The van der Waals surface area contributed by atoms with Crippen LogP contribution in [0.1, 0.15) is 27.2 Å². The number of benzene rings is 2. The predicted molar refractivity (Wildman–Crippen MR) is 128 cm³/mol. The Morgan fingerprint density at radius 2 is 1.69 bits per heavy atom. The summed E-state index contributed by atoms with van der Waals surface area (Å²) in [6.07, 6.45) is 4.86. The van der Waals surface area contributed by atoms with Crippen molar-refractivity contribution < 1.29 is 4.79 Å². The highest BCUT2D eigenvalue weighted by atomic mass is 32.1. The number of carbonyl (C=O) groups is 1. The number of thiazole rings is 1. The Labute approximate surface area is 190 Å². The molecule has 0 radical (unpaired) electrons. The minimum Gasteiger partial charge on any atom is -0.370 e. The lowest BCUT2D eigenvalue weighted by molar-refractivity contribution is 0.0764. The normalized spacial score (nSPS) is 14.5. The van der Waals surface area contributed by atoms with Gasteiger partial charge in [-0.1, -0.05) is 48.5 Å². The van der Waals surface area contributed by atoms with E-state index >= 15 is 0 Å². The van der Waals surface area contributed by atoms with Crippen LogP contribution in [0.25, 0.3) is 4.96 Å². The molecule has 2 aromatic heterocycles. The third-order valence-corrected chi connectivity index (χ3v) is 6.81. The Hall–Kier alpha value is -3.45. The molecular weight excluding hydrogens is 420 g/mol. The van der Waals surface area contributed by atoms with Crippen LogP contribution in [0.3, 0.4) is 0 Å². The molecule has 5 rings (SSSR count). The maximum atomic E-state index is 13.2. The van der Waals surface area contributed by atoms with Crippen molar-refractivity contribution in [1.82, 2.24) is 14.3 Å². The number of rotatable bonds is 4. The van der Waals surface area contributed by atoms with Crippen LogP contribution in [-0.4, -0.2) is 46.4 Å². The van der Waals surface area contributed by atoms with Gasteiger partial charge in [0.1, 0.15) is 5.56 Å². The average Bonchev–Trinajstić information content (AvgIpc) is 3.08. The minimum absolute atomic E-state index is 0.139. The van der Waals surface area contributed by atoms with E-state index < -0.39 is 0 Å². The van der Waals surface area contributed by atoms with E-state index in [1.54, 1.807) is 4.90 Å². The highest BCUT2D eigenvalue weighted by Gasteiger charge is 2.24. The van der Waals surface area contributed by atoms with Crippen molar-refractivity contribution in [1.29, 1.82) is 0 Å². The van der Waals surface area contributed by atoms with Crippen LogP contribution >= 0.6 is 11.3 Å². The van der Waals surface area contributed by atoms with Crippen molar-refractivity contribution in [2.45, 2.75) is 12.8 Å². The molecule has 6 nitrogen and oxygen atoms in total. The molecular formula is C25H24N4O2S. The molecule has 2 aromatic carbocycles. The first kappa shape index (κ1) is 20.5. The van der Waals surface area contributed by atoms with Crippen molar-refractivity contribution in [2.24, 2.45) is 0 Å². The molecule has 0 atom stereocenters. The molecule has 0 unspecified atom stereocenters. The summed E-state index contributed by atoms with van der Waals surface area (Å²) >= 11 is 1.48. The van der Waals surface area contributed by atoms with Gasteiger partial charge < -0.3 is 9.80 Å². The highest BCUT2D eigenvalue weighted by molar-refractivity contribution is 7.17. The molecule has 7 heteroatoms. The number of amides is 1. The van der Waals surface area contributed by atoms with Crippen LogP contribution in [0.2, 0.25) is 0 Å². The minimum atomic E-state index is -0.292. The van der Waals surface area contributed by atoms with E-state index in [0.717, 1.165) is 36.5 Å². The topological polar surface area (TPSA) is 57.9 Å². The lowest BCUT2D eigenvalue weighted by Crippen LogP contribution is -2.38. The smallest absolute Gasteiger partial charge is 0.271 e. The monoisotopic (exact) mass is 444 g/mol. The van der Waals surface area contributed by atoms with Crippen LogP contribution in [0.4, 0.5) is 5.69 Å². The molecule has 0 bridgehead atoms. The summed E-state index contributed by atoms with van der Waals surface area (Å²) in [6, 6.07) is 20.4. The molecule has 1 fully saturated rings. The van der Waals surface area contributed by atoms with Gasteiger partial charge in [0.25, 0.3) is 11.5 Å². The van der Waals surface area contributed by atoms with Gasteiger partial charge in [0.05, 0.1) is 0 Å². The summed E-state index contributed by atoms with van der Waals surface area (Å²) < 4.78 is 1.52. The van der Waals surface area contributed by atoms with Crippen molar-refractivity contribution in [3.63, 3.8) is 0 Å². The zero-order valence-electron chi connectivity index (χ0n) is 17.7. The molecule has 0 saturated carbocycles. The number of para-hydroxylation sites is 1. The summed E-state index contributed by atoms with van der Waals surface area (Å²) in [5, 5.41) is 0. The molecule has 0 spiro atoms. The molecule has 32 heavy (non-hydrogen) atoms. The third-order valence-electron chi connectivity index (χ3n) is 5.81. The molecule has 0 N–H and O–H groups in total. The van der Waals surface area contributed by atoms with E-state index in [1.165, 1.54) is 27.5 Å². The second-order valence-electron chi connectivity index (χ2n) is 7.96. The van der Waals surface area contributed by atoms with Gasteiger partial charge in [0.15, 0.2) is 4.96 Å². The number of anilines is 1. The Bertz CT molecular complexity index is 1280. The van der Waals surface area contributed by atoms with Crippen LogP contribution in [-0.2, 0) is 6.42 Å². The van der Waals surface area contributed by atoms with Crippen molar-refractivity contribution >= 4 is 27.9 Å². The van der Waals surface area contributed by atoms with Crippen LogP contribution < -0.4 is 10.5 Å². The quantitative estimate of drug-likeness (QED) is 0.482. The maximum absolute atomic E-state index is 13.2. The van der Waals surface area contributed by atoms with Gasteiger partial charge >= 0.3 is 0 Å². The second-order valence-corrected chi connectivity index (χ2v) is 9.05. The summed E-state index contributed by atoms with van der Waals surface area (Å²) in [5.74, 6) is -0.234. The van der Waals surface area contributed by atoms with Crippen molar-refractivity contribution in [2.75, 3.05) is 31.1 Å². The van der Waals surface area contributed by atoms with E-state index in [1.807, 2.05) is 42.6 Å². The first-order valence-electron chi connectivity index (χ1n) is 10.8. The first-order valence-corrected chi connectivity index (χ1v) is 11.6. The third kappa shape index (κ3) is 4.16. The summed E-state index contributed by atoms with van der Waals surface area (Å²) in [7, 11) is 0. The summed E-state index contributed by atoms with van der Waals surface area (Å²) in [4.78, 5) is 36.5. The molecule has 1 saturated heterocycles. The number of hydrogen-bond acceptors (Lipinski definition) is 5. The van der Waals surface area contributed by atoms with E-state index in [4.69, 9.17) is 0 Å². The lowest BCUT2D eigenvalue weighted by Gasteiger charge is -2.23. The van der Waals surface area contributed by atoms with Gasteiger partial charge in [-0.25, -0.2) is 4.98 Å².